The van der Waals surface area contributed by atoms with Crippen LogP contribution in [0.15, 0.2) is 77.2 Å². The standard InChI is InChI=1S/C27H22Cl2N4O3S/c28-18-5-10-22(29)21(16-18)25(34)31-27(37)30-19-6-8-20(9-7-19)32-11-13-33(14-12-32)26(35)24-15-17-3-1-2-4-23(17)36-24/h1-10,15-16H,11-14H2,(H2,30,31,34,37). The molecule has 0 aliphatic carbocycles. The maximum absolute atomic E-state index is 12.9. The molecule has 0 bridgehead atoms. The van der Waals surface area contributed by atoms with Gasteiger partial charge >= 0.3 is 0 Å². The summed E-state index contributed by atoms with van der Waals surface area (Å²) < 4.78 is 5.74. The van der Waals surface area contributed by atoms with Crippen LogP contribution >= 0.6 is 35.4 Å². The highest BCUT2D eigenvalue weighted by molar-refractivity contribution is 7.80. The van der Waals surface area contributed by atoms with Crippen LogP contribution in [-0.2, 0) is 0 Å². The van der Waals surface area contributed by atoms with Gasteiger partial charge in [-0.3, -0.25) is 14.9 Å². The lowest BCUT2D eigenvalue weighted by Gasteiger charge is -2.35. The van der Waals surface area contributed by atoms with Gasteiger partial charge in [0.15, 0.2) is 10.9 Å². The van der Waals surface area contributed by atoms with Crippen molar-refractivity contribution in [2.45, 2.75) is 0 Å². The number of benzene rings is 3. The van der Waals surface area contributed by atoms with E-state index in [1.807, 2.05) is 53.4 Å². The Morgan fingerprint density at radius 3 is 2.35 bits per heavy atom. The van der Waals surface area contributed by atoms with Gasteiger partial charge < -0.3 is 19.5 Å². The van der Waals surface area contributed by atoms with Crippen LogP contribution in [0.5, 0.6) is 0 Å². The van der Waals surface area contributed by atoms with Crippen molar-refractivity contribution in [3.63, 3.8) is 0 Å². The lowest BCUT2D eigenvalue weighted by Crippen LogP contribution is -2.48. The van der Waals surface area contributed by atoms with Gasteiger partial charge in [0.2, 0.25) is 0 Å². The largest absolute Gasteiger partial charge is 0.451 e. The van der Waals surface area contributed by atoms with E-state index >= 15 is 0 Å². The zero-order valence-electron chi connectivity index (χ0n) is 19.5. The fourth-order valence-electron chi connectivity index (χ4n) is 4.17. The van der Waals surface area contributed by atoms with Crippen molar-refractivity contribution in [2.24, 2.45) is 0 Å². The number of nitrogens with zero attached hydrogens (tertiary/aromatic N) is 2. The van der Waals surface area contributed by atoms with Crippen LogP contribution in [0.3, 0.4) is 0 Å². The number of rotatable bonds is 4. The lowest BCUT2D eigenvalue weighted by atomic mass is 10.2. The molecule has 2 amide bonds. The van der Waals surface area contributed by atoms with Gasteiger partial charge in [-0.25, -0.2) is 0 Å². The van der Waals surface area contributed by atoms with Gasteiger partial charge in [-0.05, 0) is 66.8 Å². The molecular formula is C27H22Cl2N4O3S. The molecule has 0 unspecified atom stereocenters. The summed E-state index contributed by atoms with van der Waals surface area (Å²) in [7, 11) is 0. The zero-order chi connectivity index (χ0) is 25.9. The minimum atomic E-state index is -0.448. The van der Waals surface area contributed by atoms with Crippen LogP contribution in [0.4, 0.5) is 11.4 Å². The van der Waals surface area contributed by atoms with Gasteiger partial charge in [-0.1, -0.05) is 41.4 Å². The molecule has 0 radical (unpaired) electrons. The molecule has 1 aromatic heterocycles. The molecule has 2 heterocycles. The Hall–Kier alpha value is -3.59. The Morgan fingerprint density at radius 1 is 0.892 bits per heavy atom. The van der Waals surface area contributed by atoms with Crippen molar-refractivity contribution in [3.8, 4) is 0 Å². The molecule has 0 saturated carbocycles. The smallest absolute Gasteiger partial charge is 0.289 e. The highest BCUT2D eigenvalue weighted by Crippen LogP contribution is 2.24. The topological polar surface area (TPSA) is 77.8 Å². The third kappa shape index (κ3) is 5.72. The molecular weight excluding hydrogens is 531 g/mol. The molecule has 1 fully saturated rings. The van der Waals surface area contributed by atoms with Crippen LogP contribution in [0.25, 0.3) is 11.0 Å². The van der Waals surface area contributed by atoms with Gasteiger partial charge in [-0.15, -0.1) is 0 Å². The fourth-order valence-corrected chi connectivity index (χ4v) is 4.76. The van der Waals surface area contributed by atoms with E-state index in [-0.39, 0.29) is 21.6 Å². The summed E-state index contributed by atoms with van der Waals surface area (Å²) in [4.78, 5) is 29.4. The Kier molecular flexibility index (Phi) is 7.32. The maximum Gasteiger partial charge on any atom is 0.289 e. The lowest BCUT2D eigenvalue weighted by molar-refractivity contribution is 0.0717. The first kappa shape index (κ1) is 25.1. The molecule has 0 atom stereocenters. The van der Waals surface area contributed by atoms with Crippen LogP contribution in [0.1, 0.15) is 20.9 Å². The van der Waals surface area contributed by atoms with E-state index in [4.69, 9.17) is 39.8 Å². The second kappa shape index (κ2) is 10.8. The van der Waals surface area contributed by atoms with E-state index in [0.717, 1.165) is 16.8 Å². The minimum Gasteiger partial charge on any atom is -0.451 e. The van der Waals surface area contributed by atoms with Crippen molar-refractivity contribution in [3.05, 3.63) is 94.2 Å². The van der Waals surface area contributed by atoms with Crippen molar-refractivity contribution in [2.75, 3.05) is 36.4 Å². The number of anilines is 2. The Bertz CT molecular complexity index is 1450. The third-order valence-electron chi connectivity index (χ3n) is 6.09. The first-order valence-corrected chi connectivity index (χ1v) is 12.7. The van der Waals surface area contributed by atoms with Crippen molar-refractivity contribution in [1.82, 2.24) is 10.2 Å². The van der Waals surface area contributed by atoms with E-state index in [2.05, 4.69) is 15.5 Å². The maximum atomic E-state index is 12.9. The summed E-state index contributed by atoms with van der Waals surface area (Å²) in [5.74, 6) is -0.174. The van der Waals surface area contributed by atoms with Crippen molar-refractivity contribution >= 4 is 74.7 Å². The van der Waals surface area contributed by atoms with Crippen LogP contribution in [0, 0.1) is 0 Å². The average Bonchev–Trinajstić information content (AvgIpc) is 3.34. The highest BCUT2D eigenvalue weighted by Gasteiger charge is 2.24. The molecule has 4 aromatic rings. The molecule has 10 heteroatoms. The number of thiocarbonyl (C=S) groups is 1. The summed E-state index contributed by atoms with van der Waals surface area (Å²) in [6.45, 7) is 2.59. The predicted octanol–water partition coefficient (Wildman–Crippen LogP) is 5.83. The monoisotopic (exact) mass is 552 g/mol. The number of nitrogens with one attached hydrogen (secondary N) is 2. The minimum absolute atomic E-state index is 0.0926. The van der Waals surface area contributed by atoms with Crippen molar-refractivity contribution in [1.29, 1.82) is 0 Å². The Labute approximate surface area is 228 Å². The predicted molar refractivity (Wildman–Crippen MR) is 151 cm³/mol. The van der Waals surface area contributed by atoms with Gasteiger partial charge in [0.05, 0.1) is 10.6 Å². The van der Waals surface area contributed by atoms with E-state index in [1.54, 1.807) is 18.2 Å². The summed E-state index contributed by atoms with van der Waals surface area (Å²) >= 11 is 17.3. The molecule has 1 saturated heterocycles. The summed E-state index contributed by atoms with van der Waals surface area (Å²) in [5.41, 5.74) is 2.71. The normalized spacial score (nSPS) is 13.5. The van der Waals surface area contributed by atoms with E-state index in [0.29, 0.717) is 42.5 Å². The molecule has 2 N–H and O–H groups in total. The average molecular weight is 553 g/mol. The van der Waals surface area contributed by atoms with Crippen LogP contribution in [-0.4, -0.2) is 48.0 Å². The first-order chi connectivity index (χ1) is 17.9. The van der Waals surface area contributed by atoms with Crippen molar-refractivity contribution < 1.29 is 14.0 Å². The second-order valence-corrected chi connectivity index (χ2v) is 9.76. The molecule has 1 aliphatic rings. The number of hydrogen-bond acceptors (Lipinski definition) is 5. The number of halogens is 2. The van der Waals surface area contributed by atoms with Gasteiger partial charge in [0.1, 0.15) is 5.58 Å². The molecule has 188 valence electrons. The SMILES string of the molecule is O=C(NC(=S)Nc1ccc(N2CCN(C(=O)c3cc4ccccc4o3)CC2)cc1)c1cc(Cl)ccc1Cl. The van der Waals surface area contributed by atoms with Gasteiger partial charge in [-0.2, -0.15) is 0 Å². The zero-order valence-corrected chi connectivity index (χ0v) is 21.9. The number of amides is 2. The second-order valence-electron chi connectivity index (χ2n) is 8.51. The number of carbonyl (C=O) groups excluding carboxylic acids is 2. The molecule has 0 spiro atoms. The number of piperazine rings is 1. The first-order valence-electron chi connectivity index (χ1n) is 11.6. The summed E-state index contributed by atoms with van der Waals surface area (Å²) in [5, 5.41) is 7.37. The highest BCUT2D eigenvalue weighted by atomic mass is 35.5. The van der Waals surface area contributed by atoms with Crippen LogP contribution < -0.4 is 15.5 Å². The van der Waals surface area contributed by atoms with E-state index in [9.17, 15) is 9.59 Å². The summed E-state index contributed by atoms with van der Waals surface area (Å²) in [6, 6.07) is 21.8. The number of fused-ring (bicyclic) bond motifs is 1. The van der Waals surface area contributed by atoms with E-state index < -0.39 is 5.91 Å². The van der Waals surface area contributed by atoms with Crippen LogP contribution in [0.2, 0.25) is 10.0 Å². The molecule has 3 aromatic carbocycles. The molecule has 1 aliphatic heterocycles. The number of hydrogen-bond donors (Lipinski definition) is 2. The van der Waals surface area contributed by atoms with Gasteiger partial charge in [0, 0.05) is 48.0 Å². The van der Waals surface area contributed by atoms with Gasteiger partial charge in [0.25, 0.3) is 11.8 Å². The number of para-hydroxylation sites is 1. The molecule has 5 rings (SSSR count). The third-order valence-corrected chi connectivity index (χ3v) is 6.86. The molecule has 37 heavy (non-hydrogen) atoms. The Morgan fingerprint density at radius 2 is 1.62 bits per heavy atom. The number of carbonyl (C=O) groups is 2. The Balaban J connectivity index is 1.14. The summed E-state index contributed by atoms with van der Waals surface area (Å²) in [6.07, 6.45) is 0. The fraction of sp³-hybridized carbons (Fsp3) is 0.148. The quantitative estimate of drug-likeness (QED) is 0.310. The van der Waals surface area contributed by atoms with E-state index in [1.165, 1.54) is 6.07 Å². The number of furan rings is 1. The molecule has 7 nitrogen and oxygen atoms in total.